The zero-order chi connectivity index (χ0) is 12.0. The van der Waals surface area contributed by atoms with Gasteiger partial charge in [-0.25, -0.2) is 9.79 Å². The Hall–Kier alpha value is -2.30. The third-order valence-corrected chi connectivity index (χ3v) is 1.78. The number of benzene rings is 1. The fourth-order valence-electron chi connectivity index (χ4n) is 1.06. The zero-order valence-corrected chi connectivity index (χ0v) is 8.84. The first kappa shape index (κ1) is 11.8. The molecule has 0 saturated carbocycles. The van der Waals surface area contributed by atoms with Crippen molar-refractivity contribution in [2.24, 2.45) is 10.7 Å². The molecule has 0 unspecified atom stereocenters. The molecule has 5 heteroatoms. The van der Waals surface area contributed by atoms with E-state index in [0.29, 0.717) is 0 Å². The minimum absolute atomic E-state index is 0.0432. The molecule has 0 fully saturated rings. The summed E-state index contributed by atoms with van der Waals surface area (Å²) in [6.45, 7) is 1.59. The van der Waals surface area contributed by atoms with Crippen LogP contribution >= 0.6 is 0 Å². The topological polar surface area (TPSA) is 87.7 Å². The molecule has 0 aromatic heterocycles. The van der Waals surface area contributed by atoms with Gasteiger partial charge >= 0.3 is 5.97 Å². The van der Waals surface area contributed by atoms with E-state index in [2.05, 4.69) is 10.3 Å². The van der Waals surface area contributed by atoms with Gasteiger partial charge in [-0.2, -0.15) is 0 Å². The highest BCUT2D eigenvalue weighted by molar-refractivity contribution is 5.97. The van der Waals surface area contributed by atoms with E-state index in [1.54, 1.807) is 19.1 Å². The normalized spacial score (nSPS) is 12.3. The number of para-hydroxylation sites is 1. The average molecular weight is 219 g/mol. The number of nitrogens with zero attached hydrogens (tertiary/aromatic N) is 1. The molecular formula is C11H13N3O2. The highest BCUT2D eigenvalue weighted by Gasteiger charge is 2.04. The maximum atomic E-state index is 10.7. The second-order valence-corrected chi connectivity index (χ2v) is 2.97. The molecule has 0 aliphatic rings. The van der Waals surface area contributed by atoms with Crippen LogP contribution in [0.5, 0.6) is 0 Å². The van der Waals surface area contributed by atoms with E-state index in [0.717, 1.165) is 5.69 Å². The van der Waals surface area contributed by atoms with E-state index in [4.69, 9.17) is 10.8 Å². The molecule has 1 rings (SSSR count). The van der Waals surface area contributed by atoms with Gasteiger partial charge < -0.3 is 16.2 Å². The number of carboxylic acid groups (broad SMARTS) is 1. The van der Waals surface area contributed by atoms with Gasteiger partial charge in [-0.05, 0) is 19.1 Å². The molecule has 0 spiro atoms. The Kier molecular flexibility index (Phi) is 4.08. The molecule has 0 saturated heterocycles. The molecule has 84 valence electrons. The Balaban J connectivity index is 2.76. The second kappa shape index (κ2) is 5.55. The molecule has 16 heavy (non-hydrogen) atoms. The number of anilines is 1. The number of aliphatic imine (C=N–C) groups is 1. The first-order valence-electron chi connectivity index (χ1n) is 4.69. The van der Waals surface area contributed by atoms with Gasteiger partial charge in [-0.3, -0.25) is 0 Å². The predicted molar refractivity (Wildman–Crippen MR) is 63.1 cm³/mol. The molecule has 0 radical (unpaired) electrons. The molecule has 0 aliphatic carbocycles. The minimum atomic E-state index is -1.11. The first-order valence-corrected chi connectivity index (χ1v) is 4.69. The van der Waals surface area contributed by atoms with E-state index < -0.39 is 5.97 Å². The first-order chi connectivity index (χ1) is 7.63. The quantitative estimate of drug-likeness (QED) is 0.407. The maximum absolute atomic E-state index is 10.7. The van der Waals surface area contributed by atoms with Crippen LogP contribution in [0.15, 0.2) is 47.1 Å². The van der Waals surface area contributed by atoms with E-state index >= 15 is 0 Å². The Morgan fingerprint density at radius 1 is 1.44 bits per heavy atom. The summed E-state index contributed by atoms with van der Waals surface area (Å²) < 4.78 is 0. The summed E-state index contributed by atoms with van der Waals surface area (Å²) in [5.74, 6) is -1.07. The van der Waals surface area contributed by atoms with Crippen molar-refractivity contribution in [3.63, 3.8) is 0 Å². The van der Waals surface area contributed by atoms with Crippen molar-refractivity contribution >= 4 is 17.6 Å². The van der Waals surface area contributed by atoms with Crippen LogP contribution in [-0.2, 0) is 4.79 Å². The summed E-state index contributed by atoms with van der Waals surface area (Å²) in [5, 5.41) is 11.5. The lowest BCUT2D eigenvalue weighted by atomic mass is 10.3. The van der Waals surface area contributed by atoms with Crippen LogP contribution in [0.25, 0.3) is 0 Å². The molecule has 4 N–H and O–H groups in total. The van der Waals surface area contributed by atoms with Gasteiger partial charge in [-0.1, -0.05) is 24.3 Å². The smallest absolute Gasteiger partial charge is 0.354 e. The molecule has 0 atom stereocenters. The van der Waals surface area contributed by atoms with Crippen molar-refractivity contribution in [3.8, 4) is 0 Å². The van der Waals surface area contributed by atoms with Gasteiger partial charge in [0.25, 0.3) is 0 Å². The summed E-state index contributed by atoms with van der Waals surface area (Å²) >= 11 is 0. The average Bonchev–Trinajstić information content (AvgIpc) is 2.27. The number of allylic oxidation sites excluding steroid dienone is 1. The summed E-state index contributed by atoms with van der Waals surface area (Å²) in [5.41, 5.74) is 6.21. The number of hydrogen-bond acceptors (Lipinski definition) is 2. The fourth-order valence-corrected chi connectivity index (χ4v) is 1.06. The number of guanidine groups is 1. The number of aliphatic carboxylic acids is 1. The lowest BCUT2D eigenvalue weighted by molar-refractivity contribution is -0.132. The molecule has 0 aliphatic heterocycles. The molecule has 5 nitrogen and oxygen atoms in total. The van der Waals surface area contributed by atoms with Crippen molar-refractivity contribution in [2.75, 3.05) is 5.32 Å². The van der Waals surface area contributed by atoms with Crippen LogP contribution in [0.4, 0.5) is 5.69 Å². The van der Waals surface area contributed by atoms with Gasteiger partial charge in [0.15, 0.2) is 5.96 Å². The monoisotopic (exact) mass is 219 g/mol. The highest BCUT2D eigenvalue weighted by atomic mass is 16.4. The zero-order valence-electron chi connectivity index (χ0n) is 8.84. The number of nitrogens with two attached hydrogens (primary N) is 1. The van der Waals surface area contributed by atoms with Crippen molar-refractivity contribution in [1.82, 2.24) is 0 Å². The van der Waals surface area contributed by atoms with Crippen molar-refractivity contribution in [2.45, 2.75) is 6.92 Å². The lowest BCUT2D eigenvalue weighted by Gasteiger charge is -2.04. The van der Waals surface area contributed by atoms with Crippen molar-refractivity contribution in [1.29, 1.82) is 0 Å². The Bertz CT molecular complexity index is 424. The predicted octanol–water partition coefficient (Wildman–Crippen LogP) is 1.40. The lowest BCUT2D eigenvalue weighted by Crippen LogP contribution is -2.23. The van der Waals surface area contributed by atoms with Crippen LogP contribution in [0, 0.1) is 0 Å². The van der Waals surface area contributed by atoms with E-state index in [1.807, 2.05) is 18.2 Å². The van der Waals surface area contributed by atoms with Crippen molar-refractivity contribution < 1.29 is 9.90 Å². The third-order valence-electron chi connectivity index (χ3n) is 1.78. The number of rotatable bonds is 3. The summed E-state index contributed by atoms with van der Waals surface area (Å²) in [4.78, 5) is 14.4. The van der Waals surface area contributed by atoms with Gasteiger partial charge in [0, 0.05) is 5.69 Å². The van der Waals surface area contributed by atoms with Gasteiger partial charge in [0.05, 0.1) is 0 Å². The van der Waals surface area contributed by atoms with Gasteiger partial charge in [0.2, 0.25) is 0 Å². The van der Waals surface area contributed by atoms with Crippen molar-refractivity contribution in [3.05, 3.63) is 42.1 Å². The molecular weight excluding hydrogens is 206 g/mol. The number of carboxylic acids is 1. The maximum Gasteiger partial charge on any atom is 0.354 e. The van der Waals surface area contributed by atoms with Gasteiger partial charge in [0.1, 0.15) is 5.70 Å². The van der Waals surface area contributed by atoms with Crippen LogP contribution < -0.4 is 11.1 Å². The van der Waals surface area contributed by atoms with Crippen LogP contribution in [0.3, 0.4) is 0 Å². The van der Waals surface area contributed by atoms with Crippen LogP contribution in [0.1, 0.15) is 6.92 Å². The van der Waals surface area contributed by atoms with E-state index in [1.165, 1.54) is 6.08 Å². The molecule has 0 bridgehead atoms. The standard InChI is InChI=1S/C11H13N3O2/c1-2-9(10(15)16)14-11(12)13-8-6-4-3-5-7-8/h2-7H,1H3,(H,15,16)(H3,12,13,14)/b9-2-. The third kappa shape index (κ3) is 3.45. The highest BCUT2D eigenvalue weighted by Crippen LogP contribution is 2.05. The largest absolute Gasteiger partial charge is 0.477 e. The minimum Gasteiger partial charge on any atom is -0.477 e. The van der Waals surface area contributed by atoms with Crippen LogP contribution in [0.2, 0.25) is 0 Å². The fraction of sp³-hybridized carbons (Fsp3) is 0.0909. The SMILES string of the molecule is C/C=C(\N=C(N)Nc1ccccc1)C(=O)O. The van der Waals surface area contributed by atoms with E-state index in [9.17, 15) is 4.79 Å². The Labute approximate surface area is 93.3 Å². The summed E-state index contributed by atoms with van der Waals surface area (Å²) in [7, 11) is 0. The second-order valence-electron chi connectivity index (χ2n) is 2.97. The summed E-state index contributed by atoms with van der Waals surface area (Å²) in [6.07, 6.45) is 1.38. The molecule has 1 aromatic rings. The number of hydrogen-bond donors (Lipinski definition) is 3. The van der Waals surface area contributed by atoms with Crippen LogP contribution in [-0.4, -0.2) is 17.0 Å². The number of carbonyl (C=O) groups is 1. The Morgan fingerprint density at radius 3 is 2.56 bits per heavy atom. The summed E-state index contributed by atoms with van der Waals surface area (Å²) in [6, 6.07) is 9.15. The molecule has 1 aromatic carbocycles. The van der Waals surface area contributed by atoms with Gasteiger partial charge in [-0.15, -0.1) is 0 Å². The number of nitrogens with one attached hydrogen (secondary N) is 1. The molecule has 0 heterocycles. The van der Waals surface area contributed by atoms with E-state index in [-0.39, 0.29) is 11.7 Å². The Morgan fingerprint density at radius 2 is 2.06 bits per heavy atom. The molecule has 0 amide bonds.